The Morgan fingerprint density at radius 3 is 2.23 bits per heavy atom. The molecule has 2 rings (SSSR count). The molecule has 0 aliphatic rings. The quantitative estimate of drug-likeness (QED) is 0.713. The highest BCUT2D eigenvalue weighted by Crippen LogP contribution is 1.92. The predicted octanol–water partition coefficient (Wildman–Crippen LogP) is 1.53. The van der Waals surface area contributed by atoms with Crippen LogP contribution in [0.15, 0.2) is 43.4 Å². The first-order valence-corrected chi connectivity index (χ1v) is 3.77. The summed E-state index contributed by atoms with van der Waals surface area (Å²) < 4.78 is 0. The van der Waals surface area contributed by atoms with Gasteiger partial charge < -0.3 is 4.98 Å². The van der Waals surface area contributed by atoms with E-state index in [1.807, 2.05) is 18.3 Å². The van der Waals surface area contributed by atoms with Gasteiger partial charge >= 0.3 is 0 Å². The fourth-order valence-corrected chi connectivity index (χ4v) is 0.676. The Morgan fingerprint density at radius 2 is 2.00 bits per heavy atom. The second kappa shape index (κ2) is 5.65. The minimum atomic E-state index is 1.07. The Kier molecular flexibility index (Phi) is 3.96. The minimum absolute atomic E-state index is 1.07. The molecular formula is C9H10N4. The molecule has 2 aromatic heterocycles. The average Bonchev–Trinajstić information content (AvgIpc) is 2.74. The van der Waals surface area contributed by atoms with Crippen LogP contribution in [0.25, 0.3) is 6.08 Å². The lowest BCUT2D eigenvalue weighted by Gasteiger charge is -1.74. The van der Waals surface area contributed by atoms with E-state index in [1.165, 1.54) is 0 Å². The normalized spacial score (nSPS) is 8.31. The van der Waals surface area contributed by atoms with E-state index in [-0.39, 0.29) is 0 Å². The molecule has 0 atom stereocenters. The van der Waals surface area contributed by atoms with E-state index in [9.17, 15) is 0 Å². The summed E-state index contributed by atoms with van der Waals surface area (Å²) in [4.78, 5) is 2.97. The van der Waals surface area contributed by atoms with Crippen molar-refractivity contribution in [2.24, 2.45) is 0 Å². The largest absolute Gasteiger partial charge is 0.362 e. The van der Waals surface area contributed by atoms with E-state index in [0.29, 0.717) is 0 Å². The fourth-order valence-electron chi connectivity index (χ4n) is 0.676. The molecule has 0 aliphatic carbocycles. The molecule has 0 amide bonds. The first-order chi connectivity index (χ1) is 6.43. The zero-order chi connectivity index (χ0) is 9.36. The van der Waals surface area contributed by atoms with Crippen LogP contribution < -0.4 is 0 Å². The molecular weight excluding hydrogens is 164 g/mol. The molecule has 0 saturated carbocycles. The number of rotatable bonds is 1. The maximum Gasteiger partial charge on any atom is 0.0529 e. The Morgan fingerprint density at radius 1 is 1.23 bits per heavy atom. The van der Waals surface area contributed by atoms with Gasteiger partial charge in [-0.3, -0.25) is 0 Å². The van der Waals surface area contributed by atoms with Crippen LogP contribution in [-0.2, 0) is 0 Å². The lowest BCUT2D eigenvalue weighted by Crippen LogP contribution is -1.78. The van der Waals surface area contributed by atoms with Crippen LogP contribution in [-0.4, -0.2) is 20.4 Å². The van der Waals surface area contributed by atoms with Gasteiger partial charge in [0.05, 0.1) is 12.4 Å². The fraction of sp³-hybridized carbons (Fsp3) is 0. The van der Waals surface area contributed by atoms with Gasteiger partial charge in [-0.2, -0.15) is 0 Å². The Labute approximate surface area is 76.3 Å². The molecule has 0 radical (unpaired) electrons. The SMILES string of the molecule is C=Cc1ccc[nH]1.c1cnnnc1. The molecule has 0 unspecified atom stereocenters. The third kappa shape index (κ3) is 3.81. The molecule has 0 fully saturated rings. The monoisotopic (exact) mass is 174 g/mol. The number of aromatic nitrogens is 4. The van der Waals surface area contributed by atoms with Crippen LogP contribution in [0.2, 0.25) is 0 Å². The zero-order valence-corrected chi connectivity index (χ0v) is 7.09. The highest BCUT2D eigenvalue weighted by molar-refractivity contribution is 5.40. The molecule has 13 heavy (non-hydrogen) atoms. The van der Waals surface area contributed by atoms with Gasteiger partial charge in [-0.25, -0.2) is 0 Å². The average molecular weight is 174 g/mol. The minimum Gasteiger partial charge on any atom is -0.362 e. The van der Waals surface area contributed by atoms with Crippen molar-refractivity contribution in [3.63, 3.8) is 0 Å². The maximum atomic E-state index is 3.57. The second-order valence-corrected chi connectivity index (χ2v) is 2.14. The van der Waals surface area contributed by atoms with Crippen LogP contribution in [0, 0.1) is 0 Å². The second-order valence-electron chi connectivity index (χ2n) is 2.14. The van der Waals surface area contributed by atoms with Crippen LogP contribution >= 0.6 is 0 Å². The molecule has 0 aliphatic heterocycles. The first kappa shape index (κ1) is 9.12. The molecule has 4 heteroatoms. The van der Waals surface area contributed by atoms with Gasteiger partial charge in [0.25, 0.3) is 0 Å². The molecule has 0 saturated heterocycles. The summed E-state index contributed by atoms with van der Waals surface area (Å²) in [6.45, 7) is 3.57. The van der Waals surface area contributed by atoms with Gasteiger partial charge in [-0.1, -0.05) is 6.58 Å². The zero-order valence-electron chi connectivity index (χ0n) is 7.09. The molecule has 0 spiro atoms. The van der Waals surface area contributed by atoms with Gasteiger partial charge in [0.15, 0.2) is 0 Å². The number of H-pyrrole nitrogens is 1. The molecule has 66 valence electrons. The highest BCUT2D eigenvalue weighted by atomic mass is 15.3. The van der Waals surface area contributed by atoms with Crippen molar-refractivity contribution >= 4 is 6.08 Å². The maximum absolute atomic E-state index is 3.57. The van der Waals surface area contributed by atoms with Crippen molar-refractivity contribution in [1.82, 2.24) is 20.4 Å². The van der Waals surface area contributed by atoms with E-state index in [2.05, 4.69) is 27.0 Å². The Hall–Kier alpha value is -1.97. The summed E-state index contributed by atoms with van der Waals surface area (Å²) in [6, 6.07) is 5.62. The third-order valence-corrected chi connectivity index (χ3v) is 1.25. The van der Waals surface area contributed by atoms with Crippen molar-refractivity contribution in [3.05, 3.63) is 49.1 Å². The topological polar surface area (TPSA) is 54.5 Å². The molecule has 2 heterocycles. The number of nitrogens with zero attached hydrogens (tertiary/aromatic N) is 3. The summed E-state index contributed by atoms with van der Waals surface area (Å²) >= 11 is 0. The van der Waals surface area contributed by atoms with Crippen molar-refractivity contribution < 1.29 is 0 Å². The Bertz CT molecular complexity index is 288. The summed E-state index contributed by atoms with van der Waals surface area (Å²) in [5.41, 5.74) is 1.07. The number of hydrogen-bond acceptors (Lipinski definition) is 3. The molecule has 4 nitrogen and oxygen atoms in total. The first-order valence-electron chi connectivity index (χ1n) is 3.77. The molecule has 0 aromatic carbocycles. The van der Waals surface area contributed by atoms with E-state index in [1.54, 1.807) is 24.5 Å². The van der Waals surface area contributed by atoms with Gasteiger partial charge in [0.1, 0.15) is 0 Å². The van der Waals surface area contributed by atoms with Gasteiger partial charge in [0, 0.05) is 11.9 Å². The van der Waals surface area contributed by atoms with Crippen LogP contribution in [0.3, 0.4) is 0 Å². The van der Waals surface area contributed by atoms with Crippen LogP contribution in [0.5, 0.6) is 0 Å². The predicted molar refractivity (Wildman–Crippen MR) is 50.7 cm³/mol. The lowest BCUT2D eigenvalue weighted by molar-refractivity contribution is 0.865. The number of hydrogen-bond donors (Lipinski definition) is 1. The van der Waals surface area contributed by atoms with E-state index < -0.39 is 0 Å². The third-order valence-electron chi connectivity index (χ3n) is 1.25. The van der Waals surface area contributed by atoms with E-state index in [0.717, 1.165) is 5.69 Å². The van der Waals surface area contributed by atoms with Crippen LogP contribution in [0.1, 0.15) is 5.69 Å². The summed E-state index contributed by atoms with van der Waals surface area (Å²) in [5.74, 6) is 0. The Balaban J connectivity index is 0.000000132. The standard InChI is InChI=1S/C6H7N.C3H3N3/c1-2-6-4-3-5-7-6;1-2-4-6-5-3-1/h2-5,7H,1H2;1-3H. The van der Waals surface area contributed by atoms with Crippen molar-refractivity contribution in [3.8, 4) is 0 Å². The summed E-state index contributed by atoms with van der Waals surface area (Å²) in [5, 5.41) is 10.1. The van der Waals surface area contributed by atoms with Crippen molar-refractivity contribution in [1.29, 1.82) is 0 Å². The molecule has 1 N–H and O–H groups in total. The smallest absolute Gasteiger partial charge is 0.0529 e. The summed E-state index contributed by atoms with van der Waals surface area (Å²) in [6.07, 6.45) is 6.80. The number of aromatic amines is 1. The lowest BCUT2D eigenvalue weighted by atomic mass is 10.4. The number of nitrogens with one attached hydrogen (secondary N) is 1. The van der Waals surface area contributed by atoms with E-state index >= 15 is 0 Å². The van der Waals surface area contributed by atoms with Crippen molar-refractivity contribution in [2.75, 3.05) is 0 Å². The van der Waals surface area contributed by atoms with Crippen LogP contribution in [0.4, 0.5) is 0 Å². The summed E-state index contributed by atoms with van der Waals surface area (Å²) in [7, 11) is 0. The molecule has 0 bridgehead atoms. The van der Waals surface area contributed by atoms with Gasteiger partial charge in [-0.05, 0) is 29.5 Å². The van der Waals surface area contributed by atoms with Gasteiger partial charge in [0.2, 0.25) is 0 Å². The highest BCUT2D eigenvalue weighted by Gasteiger charge is 1.76. The van der Waals surface area contributed by atoms with Crippen molar-refractivity contribution in [2.45, 2.75) is 0 Å². The van der Waals surface area contributed by atoms with E-state index in [4.69, 9.17) is 0 Å². The molecule has 2 aromatic rings. The van der Waals surface area contributed by atoms with Gasteiger partial charge in [-0.15, -0.1) is 10.2 Å².